The fraction of sp³-hybridized carbons (Fsp3) is 0.136. The Kier molecular flexibility index (Phi) is 4.99. The van der Waals surface area contributed by atoms with Crippen molar-refractivity contribution >= 4 is 11.6 Å². The molecule has 29 heavy (non-hydrogen) atoms. The Hall–Kier alpha value is -4.05. The van der Waals surface area contributed by atoms with E-state index in [0.717, 1.165) is 16.8 Å². The largest absolute Gasteiger partial charge is 0.323 e. The van der Waals surface area contributed by atoms with Gasteiger partial charge in [-0.3, -0.25) is 0 Å². The molecule has 3 heterocycles. The lowest BCUT2D eigenvalue weighted by Gasteiger charge is -2.15. The van der Waals surface area contributed by atoms with Crippen LogP contribution in [0.5, 0.6) is 0 Å². The first kappa shape index (κ1) is 18.3. The molecule has 7 nitrogen and oxygen atoms in total. The monoisotopic (exact) mass is 381 g/mol. The number of rotatable bonds is 5. The van der Waals surface area contributed by atoms with Crippen molar-refractivity contribution in [2.24, 2.45) is 0 Å². The van der Waals surface area contributed by atoms with Crippen molar-refractivity contribution in [2.45, 2.75) is 20.3 Å². The fourth-order valence-corrected chi connectivity index (χ4v) is 3.17. The fourth-order valence-electron chi connectivity index (χ4n) is 3.17. The van der Waals surface area contributed by atoms with Gasteiger partial charge >= 0.3 is 0 Å². The van der Waals surface area contributed by atoms with Gasteiger partial charge in [-0.1, -0.05) is 36.4 Å². The van der Waals surface area contributed by atoms with E-state index in [9.17, 15) is 5.26 Å². The maximum absolute atomic E-state index is 9.57. The average Bonchev–Trinajstić information content (AvgIpc) is 3.14. The lowest BCUT2D eigenvalue weighted by molar-refractivity contribution is 0.851. The molecule has 0 fully saturated rings. The van der Waals surface area contributed by atoms with E-state index in [-0.39, 0.29) is 0 Å². The molecule has 0 saturated carbocycles. The Balaban J connectivity index is 1.79. The lowest BCUT2D eigenvalue weighted by atomic mass is 10.0. The van der Waals surface area contributed by atoms with E-state index in [1.165, 1.54) is 6.20 Å². The molecule has 0 bridgehead atoms. The zero-order chi connectivity index (χ0) is 20.2. The Bertz CT molecular complexity index is 1180. The molecule has 0 aliphatic rings. The summed E-state index contributed by atoms with van der Waals surface area (Å²) in [7, 11) is 0. The zero-order valence-corrected chi connectivity index (χ0v) is 16.2. The van der Waals surface area contributed by atoms with Gasteiger partial charge in [-0.2, -0.15) is 15.0 Å². The number of hydrogen-bond donors (Lipinski definition) is 1. The molecule has 0 amide bonds. The first-order chi connectivity index (χ1) is 14.2. The Morgan fingerprint density at radius 2 is 1.83 bits per heavy atom. The number of nitrogens with one attached hydrogen (secondary N) is 1. The second-order valence-corrected chi connectivity index (χ2v) is 6.59. The third kappa shape index (κ3) is 3.82. The van der Waals surface area contributed by atoms with Gasteiger partial charge in [0.1, 0.15) is 23.3 Å². The molecule has 0 aliphatic carbocycles. The molecular weight excluding hydrogens is 362 g/mol. The molecule has 0 saturated heterocycles. The van der Waals surface area contributed by atoms with Gasteiger partial charge < -0.3 is 5.32 Å². The SMILES string of the molecule is Cc1nc(C)c(Cc2ccccc2)c(Nc2c(C#N)cnn2-c2ccccn2)n1. The zero-order valence-electron chi connectivity index (χ0n) is 16.2. The average molecular weight is 381 g/mol. The Morgan fingerprint density at radius 1 is 1.03 bits per heavy atom. The van der Waals surface area contributed by atoms with Crippen LogP contribution in [0.2, 0.25) is 0 Å². The van der Waals surface area contributed by atoms with Gasteiger partial charge in [0.2, 0.25) is 0 Å². The number of aryl methyl sites for hydroxylation is 2. The van der Waals surface area contributed by atoms with Crippen LogP contribution in [-0.2, 0) is 6.42 Å². The van der Waals surface area contributed by atoms with Crippen molar-refractivity contribution < 1.29 is 0 Å². The topological polar surface area (TPSA) is 92.3 Å². The number of hydrogen-bond acceptors (Lipinski definition) is 6. The van der Waals surface area contributed by atoms with Crippen molar-refractivity contribution in [3.63, 3.8) is 0 Å². The first-order valence-corrected chi connectivity index (χ1v) is 9.20. The maximum Gasteiger partial charge on any atom is 0.155 e. The molecule has 0 atom stereocenters. The molecule has 7 heteroatoms. The quantitative estimate of drug-likeness (QED) is 0.564. The van der Waals surface area contributed by atoms with E-state index in [1.807, 2.05) is 50.2 Å². The summed E-state index contributed by atoms with van der Waals surface area (Å²) in [6.45, 7) is 3.82. The van der Waals surface area contributed by atoms with Gasteiger partial charge in [-0.15, -0.1) is 0 Å². The summed E-state index contributed by atoms with van der Waals surface area (Å²) in [5.41, 5.74) is 3.44. The molecule has 4 aromatic rings. The van der Waals surface area contributed by atoms with Crippen LogP contribution in [-0.4, -0.2) is 24.7 Å². The minimum atomic E-state index is 0.412. The second kappa shape index (κ2) is 7.90. The van der Waals surface area contributed by atoms with Crippen molar-refractivity contribution in [3.05, 3.63) is 89.1 Å². The minimum Gasteiger partial charge on any atom is -0.323 e. The van der Waals surface area contributed by atoms with Crippen LogP contribution in [0.25, 0.3) is 5.82 Å². The van der Waals surface area contributed by atoms with Crippen LogP contribution in [0, 0.1) is 25.2 Å². The molecule has 1 aromatic carbocycles. The highest BCUT2D eigenvalue weighted by molar-refractivity contribution is 5.65. The smallest absolute Gasteiger partial charge is 0.155 e. The molecule has 4 rings (SSSR count). The van der Waals surface area contributed by atoms with Crippen molar-refractivity contribution in [1.29, 1.82) is 5.26 Å². The van der Waals surface area contributed by atoms with E-state index >= 15 is 0 Å². The molecule has 0 aliphatic heterocycles. The van der Waals surface area contributed by atoms with Crippen LogP contribution in [0.3, 0.4) is 0 Å². The predicted octanol–water partition coefficient (Wildman–Crippen LogP) is 3.88. The number of aromatic nitrogens is 5. The van der Waals surface area contributed by atoms with Crippen LogP contribution >= 0.6 is 0 Å². The normalized spacial score (nSPS) is 10.5. The summed E-state index contributed by atoms with van der Waals surface area (Å²) in [6, 6.07) is 17.9. The molecule has 1 N–H and O–H groups in total. The molecule has 0 radical (unpaired) electrons. The molecule has 0 spiro atoms. The van der Waals surface area contributed by atoms with Gasteiger partial charge in [0, 0.05) is 23.9 Å². The van der Waals surface area contributed by atoms with Crippen molar-refractivity contribution in [2.75, 3.05) is 5.32 Å². The minimum absolute atomic E-state index is 0.412. The summed E-state index contributed by atoms with van der Waals surface area (Å²) < 4.78 is 1.61. The number of anilines is 2. The van der Waals surface area contributed by atoms with E-state index in [0.29, 0.717) is 35.3 Å². The lowest BCUT2D eigenvalue weighted by Crippen LogP contribution is -2.10. The number of nitrogens with zero attached hydrogens (tertiary/aromatic N) is 6. The van der Waals surface area contributed by atoms with Crippen molar-refractivity contribution in [3.8, 4) is 11.9 Å². The first-order valence-electron chi connectivity index (χ1n) is 9.20. The summed E-state index contributed by atoms with van der Waals surface area (Å²) in [4.78, 5) is 13.5. The van der Waals surface area contributed by atoms with Crippen molar-refractivity contribution in [1.82, 2.24) is 24.7 Å². The highest BCUT2D eigenvalue weighted by Crippen LogP contribution is 2.27. The predicted molar refractivity (Wildman–Crippen MR) is 110 cm³/mol. The Labute approximate surface area is 168 Å². The summed E-state index contributed by atoms with van der Waals surface area (Å²) in [6.07, 6.45) is 3.89. The summed E-state index contributed by atoms with van der Waals surface area (Å²) >= 11 is 0. The van der Waals surface area contributed by atoms with Gasteiger partial charge in [0.15, 0.2) is 11.6 Å². The molecular formula is C22H19N7. The van der Waals surface area contributed by atoms with Crippen LogP contribution in [0.1, 0.15) is 28.2 Å². The van der Waals surface area contributed by atoms with E-state index in [1.54, 1.807) is 10.9 Å². The van der Waals surface area contributed by atoms with Crippen LogP contribution in [0.15, 0.2) is 60.9 Å². The standard InChI is InChI=1S/C22H19N7/c1-15-19(12-17-8-4-3-5-9-17)21(27-16(2)26-15)28-22-18(13-23)14-25-29(22)20-10-6-7-11-24-20/h3-11,14H,12H2,1-2H3,(H,26,27,28). The molecule has 142 valence electrons. The Morgan fingerprint density at radius 3 is 2.55 bits per heavy atom. The number of pyridine rings is 1. The third-order valence-electron chi connectivity index (χ3n) is 4.54. The number of nitriles is 1. The van der Waals surface area contributed by atoms with Gasteiger partial charge in [-0.25, -0.2) is 15.0 Å². The van der Waals surface area contributed by atoms with E-state index in [4.69, 9.17) is 0 Å². The summed E-state index contributed by atoms with van der Waals surface area (Å²) in [5.74, 6) is 2.46. The second-order valence-electron chi connectivity index (χ2n) is 6.59. The molecule has 3 aromatic heterocycles. The molecule has 0 unspecified atom stereocenters. The van der Waals surface area contributed by atoms with E-state index in [2.05, 4.69) is 43.6 Å². The van der Waals surface area contributed by atoms with E-state index < -0.39 is 0 Å². The highest BCUT2D eigenvalue weighted by Gasteiger charge is 2.18. The van der Waals surface area contributed by atoms with Gasteiger partial charge in [0.25, 0.3) is 0 Å². The van der Waals surface area contributed by atoms with Crippen LogP contribution < -0.4 is 5.32 Å². The third-order valence-corrected chi connectivity index (χ3v) is 4.54. The summed E-state index contributed by atoms with van der Waals surface area (Å²) in [5, 5.41) is 17.2. The highest BCUT2D eigenvalue weighted by atomic mass is 15.4. The van der Waals surface area contributed by atoms with Gasteiger partial charge in [0.05, 0.1) is 6.20 Å². The number of benzene rings is 1. The maximum atomic E-state index is 9.57. The van der Waals surface area contributed by atoms with Gasteiger partial charge in [-0.05, 0) is 31.5 Å². The van der Waals surface area contributed by atoms with Crippen LogP contribution in [0.4, 0.5) is 11.6 Å².